The van der Waals surface area contributed by atoms with Crippen molar-refractivity contribution in [3.8, 4) is 0 Å². The van der Waals surface area contributed by atoms with Crippen LogP contribution in [0.2, 0.25) is 16.6 Å². The van der Waals surface area contributed by atoms with Gasteiger partial charge in [0, 0.05) is 24.3 Å². The van der Waals surface area contributed by atoms with E-state index in [2.05, 4.69) is 53.4 Å². The molecule has 13 heteroatoms. The summed E-state index contributed by atoms with van der Waals surface area (Å²) in [7, 11) is -2.14. The van der Waals surface area contributed by atoms with Gasteiger partial charge in [0.15, 0.2) is 32.9 Å². The lowest BCUT2D eigenvalue weighted by Crippen LogP contribution is -2.69. The summed E-state index contributed by atoms with van der Waals surface area (Å²) in [5, 5.41) is 0. The number of piperidine rings is 1. The van der Waals surface area contributed by atoms with Crippen molar-refractivity contribution in [2.75, 3.05) is 13.2 Å². The van der Waals surface area contributed by atoms with Gasteiger partial charge in [-0.25, -0.2) is 0 Å². The Morgan fingerprint density at radius 3 is 1.62 bits per heavy atom. The Bertz CT molecular complexity index is 1570. The fourth-order valence-corrected chi connectivity index (χ4v) is 14.4. The molecule has 1 aromatic rings. The van der Waals surface area contributed by atoms with E-state index in [4.69, 9.17) is 32.5 Å². The summed E-state index contributed by atoms with van der Waals surface area (Å²) in [6.07, 6.45) is 0.409. The van der Waals surface area contributed by atoms with Crippen LogP contribution < -0.4 is 0 Å². The SMILES string of the molecule is CC(C)[Si](OCCC[C@H]1[C@@H](C)CC[C@@H](c2ccoc2)N1[C@@H]1O[C@H](COC(=O)C(C)(C)C)[C@H](OC(=O)C(C)(C)C)[C@H](OC(=O)C(C)(C)C)[C@H]1OC(=O)C(C)(C)C)(C(C)C)C(C)C. The second kappa shape index (κ2) is 20.4. The smallest absolute Gasteiger partial charge is 0.311 e. The van der Waals surface area contributed by atoms with Crippen molar-refractivity contribution >= 4 is 32.2 Å². The van der Waals surface area contributed by atoms with E-state index < -0.39 is 84.5 Å². The van der Waals surface area contributed by atoms with Crippen molar-refractivity contribution in [3.05, 3.63) is 24.2 Å². The number of carbonyl (C=O) groups excluding carboxylic acids is 4. The molecule has 0 unspecified atom stereocenters. The van der Waals surface area contributed by atoms with Crippen LogP contribution in [0, 0.1) is 27.6 Å². The van der Waals surface area contributed by atoms with Crippen LogP contribution in [-0.4, -0.2) is 87.0 Å². The van der Waals surface area contributed by atoms with Gasteiger partial charge in [0.1, 0.15) is 12.7 Å². The molecule has 2 saturated heterocycles. The number of ether oxygens (including phenoxy) is 5. The van der Waals surface area contributed by atoms with E-state index in [1.807, 2.05) is 6.07 Å². The molecule has 0 amide bonds. The Hall–Kier alpha value is -2.74. The second-order valence-electron chi connectivity index (χ2n) is 22.7. The molecule has 0 N–H and O–H groups in total. The zero-order chi connectivity index (χ0) is 46.6. The van der Waals surface area contributed by atoms with Crippen LogP contribution in [0.1, 0.15) is 169 Å². The molecule has 8 atom stereocenters. The molecule has 350 valence electrons. The van der Waals surface area contributed by atoms with Gasteiger partial charge in [0.2, 0.25) is 0 Å². The Morgan fingerprint density at radius 2 is 1.18 bits per heavy atom. The first-order valence-corrected chi connectivity index (χ1v) is 24.9. The lowest BCUT2D eigenvalue weighted by atomic mass is 9.81. The highest BCUT2D eigenvalue weighted by Gasteiger charge is 2.58. The number of nitrogens with zero attached hydrogens (tertiary/aromatic N) is 1. The fourth-order valence-electron chi connectivity index (χ4n) is 8.88. The molecule has 0 radical (unpaired) electrons. The van der Waals surface area contributed by atoms with Crippen molar-refractivity contribution in [1.82, 2.24) is 4.90 Å². The van der Waals surface area contributed by atoms with Gasteiger partial charge >= 0.3 is 23.9 Å². The third-order valence-electron chi connectivity index (χ3n) is 12.4. The van der Waals surface area contributed by atoms with E-state index in [0.29, 0.717) is 23.2 Å². The summed E-state index contributed by atoms with van der Waals surface area (Å²) in [5.41, 5.74) is -1.53. The highest BCUT2D eigenvalue weighted by atomic mass is 28.4. The van der Waals surface area contributed by atoms with Gasteiger partial charge in [-0.3, -0.25) is 24.1 Å². The first kappa shape index (κ1) is 52.6. The summed E-state index contributed by atoms with van der Waals surface area (Å²) >= 11 is 0. The summed E-state index contributed by atoms with van der Waals surface area (Å²) in [6, 6.07) is 1.55. The van der Waals surface area contributed by atoms with Crippen molar-refractivity contribution in [3.63, 3.8) is 0 Å². The predicted molar refractivity (Wildman–Crippen MR) is 239 cm³/mol. The van der Waals surface area contributed by atoms with Crippen LogP contribution in [0.25, 0.3) is 0 Å². The van der Waals surface area contributed by atoms with E-state index >= 15 is 0 Å². The van der Waals surface area contributed by atoms with Crippen molar-refractivity contribution in [2.45, 2.75) is 217 Å². The zero-order valence-corrected chi connectivity index (χ0v) is 42.3. The predicted octanol–water partition coefficient (Wildman–Crippen LogP) is 10.6. The largest absolute Gasteiger partial charge is 0.472 e. The molecule has 12 nitrogen and oxygen atoms in total. The minimum Gasteiger partial charge on any atom is -0.472 e. The second-order valence-corrected chi connectivity index (χ2v) is 28.2. The molecular formula is C48H83NO11Si. The molecule has 0 aliphatic carbocycles. The first-order valence-electron chi connectivity index (χ1n) is 22.7. The lowest BCUT2D eigenvalue weighted by Gasteiger charge is -2.55. The third-order valence-corrected chi connectivity index (χ3v) is 18.5. The van der Waals surface area contributed by atoms with Crippen LogP contribution >= 0.6 is 0 Å². The van der Waals surface area contributed by atoms with E-state index in [9.17, 15) is 19.2 Å². The van der Waals surface area contributed by atoms with E-state index in [-0.39, 0.29) is 24.6 Å². The Balaban J connectivity index is 2.31. The molecule has 0 bridgehead atoms. The van der Waals surface area contributed by atoms with E-state index in [1.165, 1.54) is 0 Å². The fraction of sp³-hybridized carbons (Fsp3) is 0.833. The minimum absolute atomic E-state index is 0.128. The van der Waals surface area contributed by atoms with E-state index in [1.54, 1.807) is 95.6 Å². The summed E-state index contributed by atoms with van der Waals surface area (Å²) in [6.45, 7) is 37.1. The van der Waals surface area contributed by atoms with Gasteiger partial charge in [-0.05, 0) is 137 Å². The molecule has 61 heavy (non-hydrogen) atoms. The molecular weight excluding hydrogens is 795 g/mol. The highest BCUT2D eigenvalue weighted by Crippen LogP contribution is 2.46. The zero-order valence-electron chi connectivity index (χ0n) is 41.3. The van der Waals surface area contributed by atoms with Crippen LogP contribution in [0.3, 0.4) is 0 Å². The topological polar surface area (TPSA) is 140 Å². The van der Waals surface area contributed by atoms with Crippen molar-refractivity contribution in [2.24, 2.45) is 27.6 Å². The normalized spacial score (nSPS) is 26.1. The number of likely N-dealkylation sites (tertiary alicyclic amines) is 1. The molecule has 1 aromatic heterocycles. The van der Waals surface area contributed by atoms with Gasteiger partial charge in [-0.2, -0.15) is 0 Å². The average molecular weight is 878 g/mol. The van der Waals surface area contributed by atoms with Crippen molar-refractivity contribution < 1.29 is 51.7 Å². The number of furan rings is 1. The van der Waals surface area contributed by atoms with Gasteiger partial charge in [0.25, 0.3) is 0 Å². The molecule has 0 aromatic carbocycles. The highest BCUT2D eigenvalue weighted by molar-refractivity contribution is 6.77. The van der Waals surface area contributed by atoms with Gasteiger partial charge in [-0.15, -0.1) is 0 Å². The van der Waals surface area contributed by atoms with E-state index in [0.717, 1.165) is 31.2 Å². The first-order chi connectivity index (χ1) is 27.8. The maximum Gasteiger partial charge on any atom is 0.311 e. The summed E-state index contributed by atoms with van der Waals surface area (Å²) < 4.78 is 45.1. The third kappa shape index (κ3) is 12.9. The quantitative estimate of drug-likeness (QED) is 0.0717. The lowest BCUT2D eigenvalue weighted by molar-refractivity contribution is -0.297. The minimum atomic E-state index is -2.14. The molecule has 3 rings (SSSR count). The molecule has 2 aliphatic heterocycles. The van der Waals surface area contributed by atoms with Crippen LogP contribution in [0.15, 0.2) is 23.0 Å². The summed E-state index contributed by atoms with van der Waals surface area (Å²) in [4.78, 5) is 57.7. The molecule has 0 spiro atoms. The Morgan fingerprint density at radius 1 is 0.705 bits per heavy atom. The number of hydrogen-bond acceptors (Lipinski definition) is 12. The number of rotatable bonds is 15. The van der Waals surface area contributed by atoms with Gasteiger partial charge in [-0.1, -0.05) is 48.5 Å². The monoisotopic (exact) mass is 878 g/mol. The Labute approximate surface area is 369 Å². The van der Waals surface area contributed by atoms with Crippen LogP contribution in [-0.2, 0) is 47.3 Å². The molecule has 2 fully saturated rings. The molecule has 3 heterocycles. The molecule has 2 aliphatic rings. The van der Waals surface area contributed by atoms with Gasteiger partial charge < -0.3 is 32.5 Å². The number of esters is 4. The Kier molecular flexibility index (Phi) is 17.6. The van der Waals surface area contributed by atoms with Gasteiger partial charge in [0.05, 0.1) is 34.2 Å². The standard InChI is InChI=1S/C48H83NO11Si/c1-29(2)61(30(3)4,31(5)6)56-25-20-21-34-32(7)22-23-35(33-24-26-54-27-33)49(34)40-39(60-44(53)48(17,18)19)38(59-43(52)47(14,15)16)37(58-42(51)46(11,12)13)36(57-40)28-55-41(50)45(8,9)10/h24,26-27,29-32,34-40H,20-23,25,28H2,1-19H3/t32-,34-,35-,36+,37-,38-,39+,40+/m0/s1. The number of hydrogen-bond donors (Lipinski definition) is 0. The van der Waals surface area contributed by atoms with Crippen LogP contribution in [0.4, 0.5) is 0 Å². The summed E-state index contributed by atoms with van der Waals surface area (Å²) in [5.74, 6) is -2.04. The maximum absolute atomic E-state index is 14.2. The number of carbonyl (C=O) groups is 4. The maximum atomic E-state index is 14.2. The molecule has 0 saturated carbocycles. The van der Waals surface area contributed by atoms with Crippen LogP contribution in [0.5, 0.6) is 0 Å². The van der Waals surface area contributed by atoms with Crippen molar-refractivity contribution in [1.29, 1.82) is 0 Å². The average Bonchev–Trinajstić information content (AvgIpc) is 3.65.